The smallest absolute Gasteiger partial charge is 0.321 e. The van der Waals surface area contributed by atoms with Crippen LogP contribution in [0.1, 0.15) is 18.1 Å². The molecule has 0 saturated heterocycles. The number of carbonyl (C=O) groups excluding carboxylic acids is 2. The number of imide groups is 1. The number of hydrogen-bond donors (Lipinski definition) is 2. The maximum absolute atomic E-state index is 12.9. The van der Waals surface area contributed by atoms with E-state index in [1.165, 1.54) is 19.1 Å². The van der Waals surface area contributed by atoms with Gasteiger partial charge in [-0.3, -0.25) is 10.1 Å². The molecule has 0 fully saturated rings. The molecule has 0 aliphatic heterocycles. The van der Waals surface area contributed by atoms with Crippen molar-refractivity contribution in [2.75, 3.05) is 6.54 Å². The fourth-order valence-corrected chi connectivity index (χ4v) is 1.56. The lowest BCUT2D eigenvalue weighted by Crippen LogP contribution is -2.42. The number of nitrogens with one attached hydrogen (secondary N) is 2. The summed E-state index contributed by atoms with van der Waals surface area (Å²) < 4.78 is 12.9. The summed E-state index contributed by atoms with van der Waals surface area (Å²) in [5.41, 5.74) is 1.77. The second kappa shape index (κ2) is 7.09. The van der Waals surface area contributed by atoms with Crippen molar-refractivity contribution in [3.05, 3.63) is 35.1 Å². The zero-order valence-electron chi connectivity index (χ0n) is 10.8. The molecule has 1 unspecified atom stereocenters. The highest BCUT2D eigenvalue weighted by Gasteiger charge is 2.12. The standard InChI is InChI=1S/C13H16ClFN2O2/c1-8-7-11(15)4-3-10(8)5-6-16-13(19)17-12(18)9(2)14/h3-4,7,9H,5-6H2,1-2H3,(H2,16,17,18,19). The Balaban J connectivity index is 2.38. The van der Waals surface area contributed by atoms with E-state index in [2.05, 4.69) is 10.6 Å². The molecule has 3 amide bonds. The summed E-state index contributed by atoms with van der Waals surface area (Å²) in [5, 5.41) is 3.88. The van der Waals surface area contributed by atoms with Crippen molar-refractivity contribution in [2.24, 2.45) is 0 Å². The van der Waals surface area contributed by atoms with E-state index in [0.29, 0.717) is 13.0 Å². The largest absolute Gasteiger partial charge is 0.337 e. The first kappa shape index (κ1) is 15.4. The van der Waals surface area contributed by atoms with Crippen LogP contribution in [0.3, 0.4) is 0 Å². The zero-order chi connectivity index (χ0) is 14.4. The Labute approximate surface area is 116 Å². The summed E-state index contributed by atoms with van der Waals surface area (Å²) >= 11 is 5.51. The van der Waals surface area contributed by atoms with Gasteiger partial charge in [0.25, 0.3) is 0 Å². The Morgan fingerprint density at radius 1 is 1.42 bits per heavy atom. The third-order valence-electron chi connectivity index (χ3n) is 2.58. The van der Waals surface area contributed by atoms with Crippen LogP contribution in [-0.4, -0.2) is 23.9 Å². The molecule has 0 heterocycles. The van der Waals surface area contributed by atoms with Crippen LogP contribution in [0, 0.1) is 12.7 Å². The molecule has 0 spiro atoms. The maximum atomic E-state index is 12.9. The lowest BCUT2D eigenvalue weighted by Gasteiger charge is -2.09. The number of carbonyl (C=O) groups is 2. The molecule has 0 radical (unpaired) electrons. The van der Waals surface area contributed by atoms with Gasteiger partial charge in [0.15, 0.2) is 0 Å². The van der Waals surface area contributed by atoms with Crippen LogP contribution in [-0.2, 0) is 11.2 Å². The predicted octanol–water partition coefficient (Wildman–Crippen LogP) is 2.13. The summed E-state index contributed by atoms with van der Waals surface area (Å²) in [6.07, 6.45) is 0.560. The molecule has 0 bridgehead atoms. The minimum absolute atomic E-state index is 0.284. The molecule has 1 aromatic carbocycles. The maximum Gasteiger partial charge on any atom is 0.321 e. The molecule has 1 rings (SSSR count). The number of alkyl halides is 1. The average Bonchev–Trinajstić information content (AvgIpc) is 2.31. The molecule has 6 heteroatoms. The van der Waals surface area contributed by atoms with Crippen LogP contribution >= 0.6 is 11.6 Å². The lowest BCUT2D eigenvalue weighted by atomic mass is 10.1. The fourth-order valence-electron chi connectivity index (χ4n) is 1.51. The highest BCUT2D eigenvalue weighted by Crippen LogP contribution is 2.10. The van der Waals surface area contributed by atoms with Crippen molar-refractivity contribution in [2.45, 2.75) is 25.6 Å². The van der Waals surface area contributed by atoms with E-state index in [0.717, 1.165) is 11.1 Å². The van der Waals surface area contributed by atoms with Gasteiger partial charge in [0.05, 0.1) is 0 Å². The summed E-state index contributed by atoms with van der Waals surface area (Å²) in [6, 6.07) is 3.91. The first-order chi connectivity index (χ1) is 8.90. The number of aryl methyl sites for hydroxylation is 1. The van der Waals surface area contributed by atoms with E-state index in [4.69, 9.17) is 11.6 Å². The average molecular weight is 287 g/mol. The minimum Gasteiger partial charge on any atom is -0.337 e. The number of halogens is 2. The predicted molar refractivity (Wildman–Crippen MR) is 71.7 cm³/mol. The molecule has 0 aliphatic rings. The molecule has 0 saturated carbocycles. The van der Waals surface area contributed by atoms with Gasteiger partial charge in [-0.05, 0) is 43.5 Å². The van der Waals surface area contributed by atoms with Crippen molar-refractivity contribution in [1.29, 1.82) is 0 Å². The molecule has 19 heavy (non-hydrogen) atoms. The summed E-state index contributed by atoms with van der Waals surface area (Å²) in [6.45, 7) is 3.63. The molecule has 1 atom stereocenters. The Morgan fingerprint density at radius 2 is 2.11 bits per heavy atom. The van der Waals surface area contributed by atoms with E-state index < -0.39 is 17.3 Å². The summed E-state index contributed by atoms with van der Waals surface area (Å²) in [7, 11) is 0. The van der Waals surface area contributed by atoms with Crippen LogP contribution in [0.5, 0.6) is 0 Å². The van der Waals surface area contributed by atoms with Gasteiger partial charge in [0, 0.05) is 6.54 Å². The van der Waals surface area contributed by atoms with E-state index in [-0.39, 0.29) is 5.82 Å². The van der Waals surface area contributed by atoms with Gasteiger partial charge in [-0.15, -0.1) is 11.6 Å². The van der Waals surface area contributed by atoms with E-state index in [1.807, 2.05) is 0 Å². The van der Waals surface area contributed by atoms with Crippen LogP contribution < -0.4 is 10.6 Å². The van der Waals surface area contributed by atoms with Crippen molar-refractivity contribution >= 4 is 23.5 Å². The first-order valence-corrected chi connectivity index (χ1v) is 6.31. The van der Waals surface area contributed by atoms with Crippen LogP contribution in [0.15, 0.2) is 18.2 Å². The third kappa shape index (κ3) is 5.26. The monoisotopic (exact) mass is 286 g/mol. The fraction of sp³-hybridized carbons (Fsp3) is 0.385. The van der Waals surface area contributed by atoms with Gasteiger partial charge in [0.2, 0.25) is 5.91 Å². The zero-order valence-corrected chi connectivity index (χ0v) is 11.6. The number of amides is 3. The second-order valence-electron chi connectivity index (χ2n) is 4.18. The number of hydrogen-bond acceptors (Lipinski definition) is 2. The van der Waals surface area contributed by atoms with Crippen molar-refractivity contribution in [1.82, 2.24) is 10.6 Å². The van der Waals surface area contributed by atoms with Gasteiger partial charge in [-0.25, -0.2) is 9.18 Å². The molecule has 1 aromatic rings. The number of benzene rings is 1. The molecule has 104 valence electrons. The summed E-state index contributed by atoms with van der Waals surface area (Å²) in [5.74, 6) is -0.828. The topological polar surface area (TPSA) is 58.2 Å². The molecule has 4 nitrogen and oxygen atoms in total. The number of urea groups is 1. The van der Waals surface area contributed by atoms with Gasteiger partial charge in [0.1, 0.15) is 11.2 Å². The Kier molecular flexibility index (Phi) is 5.76. The highest BCUT2D eigenvalue weighted by molar-refractivity contribution is 6.31. The molecule has 0 aromatic heterocycles. The van der Waals surface area contributed by atoms with Crippen molar-refractivity contribution in [3.8, 4) is 0 Å². The molecular formula is C13H16ClFN2O2. The Morgan fingerprint density at radius 3 is 2.68 bits per heavy atom. The SMILES string of the molecule is Cc1cc(F)ccc1CCNC(=O)NC(=O)C(C)Cl. The van der Waals surface area contributed by atoms with Gasteiger partial charge in [-0.1, -0.05) is 6.07 Å². The Bertz CT molecular complexity index is 478. The van der Waals surface area contributed by atoms with E-state index in [9.17, 15) is 14.0 Å². The molecular weight excluding hydrogens is 271 g/mol. The molecule has 2 N–H and O–H groups in total. The van der Waals surface area contributed by atoms with Gasteiger partial charge < -0.3 is 5.32 Å². The van der Waals surface area contributed by atoms with E-state index >= 15 is 0 Å². The van der Waals surface area contributed by atoms with Gasteiger partial charge >= 0.3 is 6.03 Å². The highest BCUT2D eigenvalue weighted by atomic mass is 35.5. The normalized spacial score (nSPS) is 11.8. The Hall–Kier alpha value is -1.62. The number of rotatable bonds is 4. The minimum atomic E-state index is -0.759. The van der Waals surface area contributed by atoms with E-state index in [1.54, 1.807) is 13.0 Å². The van der Waals surface area contributed by atoms with Crippen LogP contribution in [0.4, 0.5) is 9.18 Å². The van der Waals surface area contributed by atoms with Crippen LogP contribution in [0.25, 0.3) is 0 Å². The van der Waals surface area contributed by atoms with Crippen molar-refractivity contribution < 1.29 is 14.0 Å². The lowest BCUT2D eigenvalue weighted by molar-refractivity contribution is -0.119. The quantitative estimate of drug-likeness (QED) is 0.833. The molecule has 0 aliphatic carbocycles. The van der Waals surface area contributed by atoms with Crippen molar-refractivity contribution in [3.63, 3.8) is 0 Å². The first-order valence-electron chi connectivity index (χ1n) is 5.88. The van der Waals surface area contributed by atoms with Gasteiger partial charge in [-0.2, -0.15) is 0 Å². The third-order valence-corrected chi connectivity index (χ3v) is 2.78. The summed E-state index contributed by atoms with van der Waals surface area (Å²) in [4.78, 5) is 22.5. The van der Waals surface area contributed by atoms with Crippen LogP contribution in [0.2, 0.25) is 0 Å². The second-order valence-corrected chi connectivity index (χ2v) is 4.84.